The summed E-state index contributed by atoms with van der Waals surface area (Å²) in [6.07, 6.45) is -3.59. The highest BCUT2D eigenvalue weighted by Crippen LogP contribution is 2.30. The predicted octanol–water partition coefficient (Wildman–Crippen LogP) is 3.36. The zero-order chi connectivity index (χ0) is 20.7. The standard InChI is InChI=1S/C20H20F3NO4/c1-27-17-8-3-13(11-18(17)28-2)9-10-24-19(26)16(12-25)14-4-6-15(7-5-14)20(21,22)23/h3-8,11-12,16H,9-10H2,1-2H3,(H,24,26). The van der Waals surface area contributed by atoms with Crippen molar-refractivity contribution in [2.45, 2.75) is 18.5 Å². The van der Waals surface area contributed by atoms with Gasteiger partial charge in [0.1, 0.15) is 12.2 Å². The maximum Gasteiger partial charge on any atom is 0.416 e. The van der Waals surface area contributed by atoms with E-state index in [0.717, 1.165) is 29.8 Å². The van der Waals surface area contributed by atoms with Crippen LogP contribution in [0.4, 0.5) is 13.2 Å². The van der Waals surface area contributed by atoms with Crippen molar-refractivity contribution >= 4 is 12.2 Å². The highest BCUT2D eigenvalue weighted by atomic mass is 19.4. The average Bonchev–Trinajstić information content (AvgIpc) is 2.68. The van der Waals surface area contributed by atoms with Gasteiger partial charge in [0.15, 0.2) is 11.5 Å². The van der Waals surface area contributed by atoms with E-state index in [0.29, 0.717) is 24.2 Å². The fourth-order valence-corrected chi connectivity index (χ4v) is 2.65. The van der Waals surface area contributed by atoms with Crippen LogP contribution in [0, 0.1) is 0 Å². The van der Waals surface area contributed by atoms with Crippen molar-refractivity contribution in [1.29, 1.82) is 0 Å². The third-order valence-corrected chi connectivity index (χ3v) is 4.18. The van der Waals surface area contributed by atoms with Gasteiger partial charge in [0.05, 0.1) is 19.8 Å². The molecule has 0 aliphatic heterocycles. The number of hydrogen-bond acceptors (Lipinski definition) is 4. The minimum atomic E-state index is -4.48. The summed E-state index contributed by atoms with van der Waals surface area (Å²) in [7, 11) is 3.04. The molecule has 0 bridgehead atoms. The van der Waals surface area contributed by atoms with Crippen LogP contribution in [0.2, 0.25) is 0 Å². The van der Waals surface area contributed by atoms with Gasteiger partial charge in [0, 0.05) is 6.54 Å². The number of ether oxygens (including phenoxy) is 2. The number of carbonyl (C=O) groups is 2. The van der Waals surface area contributed by atoms with E-state index < -0.39 is 23.6 Å². The van der Waals surface area contributed by atoms with Gasteiger partial charge < -0.3 is 19.6 Å². The first-order valence-electron chi connectivity index (χ1n) is 8.41. The predicted molar refractivity (Wildman–Crippen MR) is 96.5 cm³/mol. The van der Waals surface area contributed by atoms with E-state index in [4.69, 9.17) is 9.47 Å². The Morgan fingerprint density at radius 2 is 1.71 bits per heavy atom. The topological polar surface area (TPSA) is 64.6 Å². The van der Waals surface area contributed by atoms with Crippen LogP contribution in [0.15, 0.2) is 42.5 Å². The number of hydrogen-bond donors (Lipinski definition) is 1. The molecule has 0 aromatic heterocycles. The summed E-state index contributed by atoms with van der Waals surface area (Å²) < 4.78 is 48.2. The van der Waals surface area contributed by atoms with Crippen LogP contribution in [0.1, 0.15) is 22.6 Å². The van der Waals surface area contributed by atoms with Gasteiger partial charge in [-0.05, 0) is 41.8 Å². The van der Waals surface area contributed by atoms with Gasteiger partial charge in [-0.25, -0.2) is 0 Å². The molecule has 28 heavy (non-hydrogen) atoms. The molecular formula is C20H20F3NO4. The van der Waals surface area contributed by atoms with Crippen molar-refractivity contribution in [2.24, 2.45) is 0 Å². The summed E-state index contributed by atoms with van der Waals surface area (Å²) in [6.45, 7) is 0.249. The molecule has 150 valence electrons. The molecule has 0 fully saturated rings. The van der Waals surface area contributed by atoms with Crippen LogP contribution in [0.25, 0.3) is 0 Å². The van der Waals surface area contributed by atoms with Crippen LogP contribution in [-0.2, 0) is 22.2 Å². The molecule has 1 amide bonds. The van der Waals surface area contributed by atoms with Gasteiger partial charge in [-0.15, -0.1) is 0 Å². The molecule has 8 heteroatoms. The van der Waals surface area contributed by atoms with Crippen LogP contribution in [-0.4, -0.2) is 33.0 Å². The molecule has 2 rings (SSSR count). The molecule has 0 spiro atoms. The van der Waals surface area contributed by atoms with E-state index in [1.54, 1.807) is 12.1 Å². The maximum atomic E-state index is 12.6. The van der Waals surface area contributed by atoms with Crippen LogP contribution in [0.3, 0.4) is 0 Å². The number of methoxy groups -OCH3 is 2. The summed E-state index contributed by atoms with van der Waals surface area (Å²) >= 11 is 0. The van der Waals surface area contributed by atoms with Gasteiger partial charge in [0.25, 0.3) is 0 Å². The molecule has 0 saturated carbocycles. The molecule has 0 heterocycles. The number of carbonyl (C=O) groups excluding carboxylic acids is 2. The van der Waals surface area contributed by atoms with Crippen molar-refractivity contribution < 1.29 is 32.2 Å². The van der Waals surface area contributed by atoms with E-state index in [2.05, 4.69) is 5.32 Å². The van der Waals surface area contributed by atoms with Gasteiger partial charge in [-0.2, -0.15) is 13.2 Å². The highest BCUT2D eigenvalue weighted by molar-refractivity contribution is 5.97. The Hall–Kier alpha value is -3.03. The summed E-state index contributed by atoms with van der Waals surface area (Å²) in [5.74, 6) is -0.608. The number of nitrogens with one attached hydrogen (secondary N) is 1. The minimum absolute atomic E-state index is 0.201. The van der Waals surface area contributed by atoms with Crippen LogP contribution < -0.4 is 14.8 Å². The number of amides is 1. The third-order valence-electron chi connectivity index (χ3n) is 4.18. The van der Waals surface area contributed by atoms with Crippen LogP contribution in [0.5, 0.6) is 11.5 Å². The van der Waals surface area contributed by atoms with Crippen molar-refractivity contribution in [3.05, 3.63) is 59.2 Å². The van der Waals surface area contributed by atoms with Crippen molar-refractivity contribution in [1.82, 2.24) is 5.32 Å². The van der Waals surface area contributed by atoms with E-state index >= 15 is 0 Å². The second-order valence-electron chi connectivity index (χ2n) is 5.96. The van der Waals surface area contributed by atoms with Crippen molar-refractivity contribution in [3.63, 3.8) is 0 Å². The smallest absolute Gasteiger partial charge is 0.416 e. The summed E-state index contributed by atoms with van der Waals surface area (Å²) in [5, 5.41) is 2.63. The Morgan fingerprint density at radius 1 is 1.07 bits per heavy atom. The average molecular weight is 395 g/mol. The van der Waals surface area contributed by atoms with Gasteiger partial charge in [0.2, 0.25) is 5.91 Å². The summed E-state index contributed by atoms with van der Waals surface area (Å²) in [5.41, 5.74) is 0.247. The largest absolute Gasteiger partial charge is 0.493 e. The minimum Gasteiger partial charge on any atom is -0.493 e. The number of aldehydes is 1. The van der Waals surface area contributed by atoms with Gasteiger partial charge in [-0.1, -0.05) is 18.2 Å². The first kappa shape index (κ1) is 21.3. The fraction of sp³-hybridized carbons (Fsp3) is 0.300. The normalized spacial score (nSPS) is 12.2. The lowest BCUT2D eigenvalue weighted by molar-refractivity contribution is -0.137. The number of rotatable bonds is 8. The second kappa shape index (κ2) is 9.25. The Kier molecular flexibility index (Phi) is 7.03. The molecule has 0 radical (unpaired) electrons. The highest BCUT2D eigenvalue weighted by Gasteiger charge is 2.30. The molecule has 0 aliphatic rings. The Morgan fingerprint density at radius 3 is 2.25 bits per heavy atom. The molecule has 2 aromatic carbocycles. The fourth-order valence-electron chi connectivity index (χ4n) is 2.65. The Balaban J connectivity index is 1.98. The quantitative estimate of drug-likeness (QED) is 0.550. The maximum absolute atomic E-state index is 12.6. The molecule has 5 nitrogen and oxygen atoms in total. The Labute approximate surface area is 160 Å². The van der Waals surface area contributed by atoms with E-state index in [9.17, 15) is 22.8 Å². The third kappa shape index (κ3) is 5.25. The first-order chi connectivity index (χ1) is 13.3. The number of alkyl halides is 3. The molecule has 0 saturated heterocycles. The number of benzene rings is 2. The monoisotopic (exact) mass is 395 g/mol. The van der Waals surface area contributed by atoms with Crippen molar-refractivity contribution in [2.75, 3.05) is 20.8 Å². The van der Waals surface area contributed by atoms with E-state index in [1.165, 1.54) is 14.2 Å². The summed E-state index contributed by atoms with van der Waals surface area (Å²) in [6, 6.07) is 9.31. The first-order valence-corrected chi connectivity index (χ1v) is 8.41. The zero-order valence-corrected chi connectivity index (χ0v) is 15.4. The molecule has 1 N–H and O–H groups in total. The lowest BCUT2D eigenvalue weighted by atomic mass is 9.98. The lowest BCUT2D eigenvalue weighted by Gasteiger charge is -2.14. The van der Waals surface area contributed by atoms with E-state index in [-0.39, 0.29) is 12.1 Å². The second-order valence-corrected chi connectivity index (χ2v) is 5.96. The van der Waals surface area contributed by atoms with Crippen molar-refractivity contribution in [3.8, 4) is 11.5 Å². The molecule has 1 unspecified atom stereocenters. The van der Waals surface area contributed by atoms with E-state index in [1.807, 2.05) is 6.07 Å². The van der Waals surface area contributed by atoms with Gasteiger partial charge >= 0.3 is 6.18 Å². The zero-order valence-electron chi connectivity index (χ0n) is 15.4. The SMILES string of the molecule is COc1ccc(CCNC(=O)C(C=O)c2ccc(C(F)(F)F)cc2)cc1OC. The molecule has 0 aliphatic carbocycles. The molecule has 2 aromatic rings. The molecule has 1 atom stereocenters. The van der Waals surface area contributed by atoms with Gasteiger partial charge in [-0.3, -0.25) is 4.79 Å². The molecular weight excluding hydrogens is 375 g/mol. The number of halogens is 3. The van der Waals surface area contributed by atoms with Crippen LogP contribution >= 0.6 is 0 Å². The Bertz CT molecular complexity index is 819. The summed E-state index contributed by atoms with van der Waals surface area (Å²) in [4.78, 5) is 23.6. The lowest BCUT2D eigenvalue weighted by Crippen LogP contribution is -2.31.